The first-order valence-electron chi connectivity index (χ1n) is 1.13. The normalized spacial score (nSPS) is 7.00. The van der Waals surface area contributed by atoms with E-state index in [1.807, 2.05) is 9.67 Å². The average molecular weight is 128 g/mol. The van der Waals surface area contributed by atoms with E-state index in [0.717, 1.165) is 0 Å². The monoisotopic (exact) mass is 127 g/mol. The number of halogens is 2. The van der Waals surface area contributed by atoms with Gasteiger partial charge in [0.1, 0.15) is 0 Å². The lowest BCUT2D eigenvalue weighted by Gasteiger charge is -1.90. The molecule has 0 aliphatic carbocycles. The van der Waals surface area contributed by atoms with Crippen LogP contribution in [-0.2, 0) is 0 Å². The summed E-state index contributed by atoms with van der Waals surface area (Å²) in [4.78, 5) is 3.85. The van der Waals surface area contributed by atoms with Crippen molar-refractivity contribution in [1.82, 2.24) is 9.67 Å². The van der Waals surface area contributed by atoms with Crippen molar-refractivity contribution in [2.45, 2.75) is 0 Å². The zero-order chi connectivity index (χ0) is 4.99. The lowest BCUT2D eigenvalue weighted by Crippen LogP contribution is -2.22. The van der Waals surface area contributed by atoms with E-state index in [2.05, 4.69) is 0 Å². The smallest absolute Gasteiger partial charge is 0.218 e. The Morgan fingerprint density at radius 2 is 1.67 bits per heavy atom. The molecule has 0 aromatic carbocycles. The maximum atomic E-state index is 6.50. The molecule has 0 rings (SSSR count). The minimum Gasteiger partial charge on any atom is -0.268 e. The van der Waals surface area contributed by atoms with Crippen molar-refractivity contribution in [3.05, 3.63) is 0 Å². The van der Waals surface area contributed by atoms with Gasteiger partial charge >= 0.3 is 0 Å². The fraction of sp³-hybridized carbons (Fsp3) is 0. The molecular formula is CH3Cl2N3. The first-order chi connectivity index (χ1) is 2.81. The highest BCUT2D eigenvalue weighted by atomic mass is 35.5. The van der Waals surface area contributed by atoms with Crippen LogP contribution in [0.3, 0.4) is 0 Å². The van der Waals surface area contributed by atoms with Gasteiger partial charge in [-0.05, 0) is 0 Å². The minimum atomic E-state index is -0.127. The van der Waals surface area contributed by atoms with Crippen molar-refractivity contribution in [3.8, 4) is 0 Å². The molecule has 36 valence electrons. The molecule has 0 fully saturated rings. The molecule has 0 heterocycles. The second-order valence-electron chi connectivity index (χ2n) is 0.564. The minimum absolute atomic E-state index is 0.127. The molecule has 0 aliphatic heterocycles. The third-order valence-electron chi connectivity index (χ3n) is 0.189. The fourth-order valence-electron chi connectivity index (χ4n) is 0.0179. The van der Waals surface area contributed by atoms with Gasteiger partial charge in [0.15, 0.2) is 0 Å². The van der Waals surface area contributed by atoms with E-state index in [-0.39, 0.29) is 5.96 Å². The summed E-state index contributed by atoms with van der Waals surface area (Å²) in [7, 11) is 0. The first-order valence-corrected chi connectivity index (χ1v) is 1.88. The van der Waals surface area contributed by atoms with E-state index < -0.39 is 0 Å². The van der Waals surface area contributed by atoms with Gasteiger partial charge in [-0.25, -0.2) is 0 Å². The summed E-state index contributed by atoms with van der Waals surface area (Å²) in [6, 6.07) is 0. The Morgan fingerprint density at radius 3 is 1.67 bits per heavy atom. The van der Waals surface area contributed by atoms with E-state index in [9.17, 15) is 0 Å². The lowest BCUT2D eigenvalue weighted by molar-refractivity contribution is 1.24. The zero-order valence-electron chi connectivity index (χ0n) is 2.76. The zero-order valence-corrected chi connectivity index (χ0v) is 4.27. The Kier molecular flexibility index (Phi) is 2.98. The quantitative estimate of drug-likeness (QED) is 0.251. The molecule has 6 heavy (non-hydrogen) atoms. The van der Waals surface area contributed by atoms with Crippen molar-refractivity contribution >= 4 is 29.5 Å². The Morgan fingerprint density at radius 1 is 1.33 bits per heavy atom. The summed E-state index contributed by atoms with van der Waals surface area (Å²) in [6.07, 6.45) is 0. The van der Waals surface area contributed by atoms with Crippen LogP contribution in [0.15, 0.2) is 0 Å². The largest absolute Gasteiger partial charge is 0.268 e. The Balaban J connectivity index is 2.99. The molecule has 0 aromatic rings. The van der Waals surface area contributed by atoms with Gasteiger partial charge in [0.25, 0.3) is 0 Å². The van der Waals surface area contributed by atoms with Crippen LogP contribution in [0.4, 0.5) is 0 Å². The van der Waals surface area contributed by atoms with Crippen molar-refractivity contribution in [2.24, 2.45) is 0 Å². The van der Waals surface area contributed by atoms with Gasteiger partial charge in [-0.1, -0.05) is 0 Å². The molecule has 0 radical (unpaired) electrons. The summed E-state index contributed by atoms with van der Waals surface area (Å²) >= 11 is 9.66. The van der Waals surface area contributed by atoms with Crippen LogP contribution in [0.1, 0.15) is 0 Å². The molecule has 0 aliphatic rings. The second kappa shape index (κ2) is 3.06. The molecule has 0 bridgehead atoms. The van der Waals surface area contributed by atoms with Gasteiger partial charge in [0, 0.05) is 23.6 Å². The maximum Gasteiger partial charge on any atom is 0.218 e. The van der Waals surface area contributed by atoms with Crippen LogP contribution >= 0.6 is 23.6 Å². The fourth-order valence-corrected chi connectivity index (χ4v) is 0.161. The maximum absolute atomic E-state index is 6.50. The Labute approximate surface area is 45.4 Å². The molecular weight excluding hydrogens is 125 g/mol. The predicted octanol–water partition coefficient (Wildman–Crippen LogP) is 0.408. The van der Waals surface area contributed by atoms with Crippen LogP contribution in [0.25, 0.3) is 0 Å². The van der Waals surface area contributed by atoms with Gasteiger partial charge in [-0.3, -0.25) is 15.1 Å². The van der Waals surface area contributed by atoms with Crippen molar-refractivity contribution in [3.63, 3.8) is 0 Å². The van der Waals surface area contributed by atoms with E-state index in [1.165, 1.54) is 0 Å². The van der Waals surface area contributed by atoms with E-state index in [0.29, 0.717) is 0 Å². The van der Waals surface area contributed by atoms with Crippen LogP contribution < -0.4 is 9.67 Å². The first kappa shape index (κ1) is 5.85. The molecule has 0 saturated carbocycles. The van der Waals surface area contributed by atoms with Crippen molar-refractivity contribution in [1.29, 1.82) is 5.41 Å². The summed E-state index contributed by atoms with van der Waals surface area (Å²) in [5, 5.41) is 6.50. The lowest BCUT2D eigenvalue weighted by atomic mass is 11.1. The van der Waals surface area contributed by atoms with Gasteiger partial charge in [0.05, 0.1) is 0 Å². The third-order valence-corrected chi connectivity index (χ3v) is 0.567. The van der Waals surface area contributed by atoms with E-state index >= 15 is 0 Å². The highest BCUT2D eigenvalue weighted by molar-refractivity contribution is 6.28. The standard InChI is InChI=1S/CH3Cl2N3/c2-5-1(4)6-3/h(H3,4,5,6). The number of guanidine groups is 1. The van der Waals surface area contributed by atoms with Gasteiger partial charge in [0.2, 0.25) is 5.96 Å². The summed E-state index contributed by atoms with van der Waals surface area (Å²) in [6.45, 7) is 0. The molecule has 3 nitrogen and oxygen atoms in total. The molecule has 5 heteroatoms. The Hall–Kier alpha value is -0.150. The molecule has 0 atom stereocenters. The summed E-state index contributed by atoms with van der Waals surface area (Å²) in [5.74, 6) is -0.127. The predicted molar refractivity (Wildman–Crippen MR) is 25.7 cm³/mol. The molecule has 0 saturated heterocycles. The van der Waals surface area contributed by atoms with Gasteiger partial charge < -0.3 is 0 Å². The summed E-state index contributed by atoms with van der Waals surface area (Å²) in [5.41, 5.74) is 0. The van der Waals surface area contributed by atoms with E-state index in [1.54, 1.807) is 0 Å². The van der Waals surface area contributed by atoms with Crippen molar-refractivity contribution < 1.29 is 0 Å². The van der Waals surface area contributed by atoms with E-state index in [4.69, 9.17) is 29.0 Å². The van der Waals surface area contributed by atoms with Crippen molar-refractivity contribution in [2.75, 3.05) is 0 Å². The number of nitrogens with one attached hydrogen (secondary N) is 3. The van der Waals surface area contributed by atoms with Crippen LogP contribution in [0.5, 0.6) is 0 Å². The highest BCUT2D eigenvalue weighted by Crippen LogP contribution is 1.63. The van der Waals surface area contributed by atoms with Gasteiger partial charge in [-0.15, -0.1) is 0 Å². The van der Waals surface area contributed by atoms with Crippen LogP contribution in [0.2, 0.25) is 0 Å². The molecule has 0 amide bonds. The second-order valence-corrected chi connectivity index (χ2v) is 0.942. The summed E-state index contributed by atoms with van der Waals surface area (Å²) < 4.78 is 0. The van der Waals surface area contributed by atoms with Crippen LogP contribution in [0, 0.1) is 5.41 Å². The number of rotatable bonds is 0. The molecule has 0 aromatic heterocycles. The molecule has 0 spiro atoms. The SMILES string of the molecule is N=C(NCl)NCl. The third kappa shape index (κ3) is 2.11. The topological polar surface area (TPSA) is 47.9 Å². The molecule has 3 N–H and O–H groups in total. The van der Waals surface area contributed by atoms with Crippen LogP contribution in [-0.4, -0.2) is 5.96 Å². The average Bonchev–Trinajstić information content (AvgIpc) is 1.65. The Bertz CT molecular complexity index is 46.8. The number of hydrogen-bond donors (Lipinski definition) is 3. The highest BCUT2D eigenvalue weighted by Gasteiger charge is 1.80. The van der Waals surface area contributed by atoms with Gasteiger partial charge in [-0.2, -0.15) is 0 Å². The number of hydrogen-bond acceptors (Lipinski definition) is 1. The molecule has 0 unspecified atom stereocenters.